The van der Waals surface area contributed by atoms with Gasteiger partial charge in [0.1, 0.15) is 23.4 Å². The lowest BCUT2D eigenvalue weighted by atomic mass is 10.1. The zero-order valence-electron chi connectivity index (χ0n) is 11.4. The molecule has 0 aliphatic heterocycles. The lowest BCUT2D eigenvalue weighted by Gasteiger charge is -2.12. The van der Waals surface area contributed by atoms with Crippen molar-refractivity contribution in [2.24, 2.45) is 0 Å². The largest absolute Gasteiger partial charge is 0.484 e. The van der Waals surface area contributed by atoms with Crippen molar-refractivity contribution in [3.63, 3.8) is 0 Å². The maximum Gasteiger partial charge on any atom is 0.259 e. The zero-order chi connectivity index (χ0) is 15.9. The standard InChI is InChI=1S/C16H12F2N2O2/c17-12-6-4-11(5-7-12)15(9-19)20-16(21)10-22-14-3-1-2-13(18)8-14/h1-8,15H,10H2,(H,20,21)/t15-/m0/s1. The van der Waals surface area contributed by atoms with Crippen LogP contribution in [0.15, 0.2) is 48.5 Å². The van der Waals surface area contributed by atoms with Crippen LogP contribution in [0, 0.1) is 23.0 Å². The summed E-state index contributed by atoms with van der Waals surface area (Å²) in [6, 6.07) is 11.6. The molecule has 2 aromatic rings. The molecule has 0 spiro atoms. The Balaban J connectivity index is 1.92. The Bertz CT molecular complexity index is 696. The molecule has 0 aromatic heterocycles. The predicted octanol–water partition coefficient (Wildman–Crippen LogP) is 2.72. The summed E-state index contributed by atoms with van der Waals surface area (Å²) in [6.45, 7) is -0.358. The van der Waals surface area contributed by atoms with E-state index in [9.17, 15) is 13.6 Å². The first kappa shape index (κ1) is 15.4. The Morgan fingerprint density at radius 1 is 1.18 bits per heavy atom. The first-order chi connectivity index (χ1) is 10.6. The number of carbonyl (C=O) groups excluding carboxylic acids is 1. The topological polar surface area (TPSA) is 62.1 Å². The highest BCUT2D eigenvalue weighted by molar-refractivity contribution is 5.78. The third-order valence-electron chi connectivity index (χ3n) is 2.80. The Hall–Kier alpha value is -2.94. The van der Waals surface area contributed by atoms with Crippen molar-refractivity contribution >= 4 is 5.91 Å². The van der Waals surface area contributed by atoms with Gasteiger partial charge in [0.15, 0.2) is 6.61 Å². The van der Waals surface area contributed by atoms with Crippen LogP contribution in [-0.2, 0) is 4.79 Å². The summed E-state index contributed by atoms with van der Waals surface area (Å²) in [4.78, 5) is 11.8. The van der Waals surface area contributed by atoms with Gasteiger partial charge in [0.2, 0.25) is 0 Å². The van der Waals surface area contributed by atoms with Gasteiger partial charge in [0, 0.05) is 6.07 Å². The first-order valence-corrected chi connectivity index (χ1v) is 6.41. The second-order valence-corrected chi connectivity index (χ2v) is 4.43. The SMILES string of the molecule is N#C[C@H](NC(=O)COc1cccc(F)c1)c1ccc(F)cc1. The van der Waals surface area contributed by atoms with Crippen LogP contribution in [0.1, 0.15) is 11.6 Å². The Kier molecular flexibility index (Phi) is 5.04. The van der Waals surface area contributed by atoms with E-state index in [2.05, 4.69) is 5.32 Å². The van der Waals surface area contributed by atoms with Crippen molar-refractivity contribution in [3.8, 4) is 11.8 Å². The van der Waals surface area contributed by atoms with Gasteiger partial charge in [0.25, 0.3) is 5.91 Å². The van der Waals surface area contributed by atoms with E-state index in [1.165, 1.54) is 42.5 Å². The van der Waals surface area contributed by atoms with E-state index in [1.807, 2.05) is 6.07 Å². The van der Waals surface area contributed by atoms with E-state index >= 15 is 0 Å². The van der Waals surface area contributed by atoms with Crippen LogP contribution in [0.2, 0.25) is 0 Å². The quantitative estimate of drug-likeness (QED) is 0.923. The second-order valence-electron chi connectivity index (χ2n) is 4.43. The van der Waals surface area contributed by atoms with E-state index in [0.29, 0.717) is 5.56 Å². The number of benzene rings is 2. The number of nitriles is 1. The van der Waals surface area contributed by atoms with Crippen LogP contribution in [-0.4, -0.2) is 12.5 Å². The second kappa shape index (κ2) is 7.18. The fraction of sp³-hybridized carbons (Fsp3) is 0.125. The normalized spacial score (nSPS) is 11.3. The number of nitrogens with zero attached hydrogens (tertiary/aromatic N) is 1. The summed E-state index contributed by atoms with van der Waals surface area (Å²) in [6.07, 6.45) is 0. The molecule has 1 amide bonds. The Morgan fingerprint density at radius 2 is 1.91 bits per heavy atom. The fourth-order valence-electron chi connectivity index (χ4n) is 1.75. The van der Waals surface area contributed by atoms with E-state index < -0.39 is 23.6 Å². The lowest BCUT2D eigenvalue weighted by molar-refractivity contribution is -0.123. The number of hydrogen-bond donors (Lipinski definition) is 1. The van der Waals surface area contributed by atoms with E-state index in [4.69, 9.17) is 10.00 Å². The molecule has 22 heavy (non-hydrogen) atoms. The molecule has 0 radical (unpaired) electrons. The van der Waals surface area contributed by atoms with E-state index in [1.54, 1.807) is 0 Å². The summed E-state index contributed by atoms with van der Waals surface area (Å²) >= 11 is 0. The minimum absolute atomic E-state index is 0.213. The van der Waals surface area contributed by atoms with Gasteiger partial charge in [-0.2, -0.15) is 5.26 Å². The molecule has 112 valence electrons. The smallest absolute Gasteiger partial charge is 0.259 e. The van der Waals surface area contributed by atoms with E-state index in [-0.39, 0.29) is 12.4 Å². The number of rotatable bonds is 5. The maximum atomic E-state index is 13.0. The van der Waals surface area contributed by atoms with Crippen molar-refractivity contribution in [1.29, 1.82) is 5.26 Å². The van der Waals surface area contributed by atoms with Crippen molar-refractivity contribution in [2.75, 3.05) is 6.61 Å². The van der Waals surface area contributed by atoms with Gasteiger partial charge in [-0.1, -0.05) is 18.2 Å². The predicted molar refractivity (Wildman–Crippen MR) is 74.8 cm³/mol. The Labute approximate surface area is 125 Å². The van der Waals surface area contributed by atoms with Crippen LogP contribution in [0.25, 0.3) is 0 Å². The Morgan fingerprint density at radius 3 is 2.55 bits per heavy atom. The molecule has 0 unspecified atom stereocenters. The summed E-state index contributed by atoms with van der Waals surface area (Å²) in [5.74, 6) is -1.23. The third-order valence-corrected chi connectivity index (χ3v) is 2.80. The number of amides is 1. The zero-order valence-corrected chi connectivity index (χ0v) is 11.4. The molecule has 0 saturated carbocycles. The average Bonchev–Trinajstić information content (AvgIpc) is 2.52. The summed E-state index contributed by atoms with van der Waals surface area (Å²) in [5.41, 5.74) is 0.461. The molecule has 0 aliphatic rings. The van der Waals surface area contributed by atoms with Crippen LogP contribution in [0.3, 0.4) is 0 Å². The van der Waals surface area contributed by atoms with Crippen LogP contribution in [0.4, 0.5) is 8.78 Å². The molecule has 0 aliphatic carbocycles. The average molecular weight is 302 g/mol. The van der Waals surface area contributed by atoms with Gasteiger partial charge in [0.05, 0.1) is 6.07 Å². The van der Waals surface area contributed by atoms with Gasteiger partial charge in [-0.05, 0) is 29.8 Å². The molecular weight excluding hydrogens is 290 g/mol. The van der Waals surface area contributed by atoms with Gasteiger partial charge >= 0.3 is 0 Å². The molecule has 2 aromatic carbocycles. The molecule has 0 fully saturated rings. The number of carbonyl (C=O) groups is 1. The highest BCUT2D eigenvalue weighted by Crippen LogP contribution is 2.14. The molecule has 2 rings (SSSR count). The summed E-state index contributed by atoms with van der Waals surface area (Å²) in [7, 11) is 0. The van der Waals surface area contributed by atoms with Crippen molar-refractivity contribution < 1.29 is 18.3 Å². The van der Waals surface area contributed by atoms with E-state index in [0.717, 1.165) is 6.07 Å². The van der Waals surface area contributed by atoms with Crippen molar-refractivity contribution in [2.45, 2.75) is 6.04 Å². The molecule has 4 nitrogen and oxygen atoms in total. The fourth-order valence-corrected chi connectivity index (χ4v) is 1.75. The monoisotopic (exact) mass is 302 g/mol. The number of ether oxygens (including phenoxy) is 1. The van der Waals surface area contributed by atoms with Gasteiger partial charge < -0.3 is 10.1 Å². The lowest BCUT2D eigenvalue weighted by Crippen LogP contribution is -2.32. The highest BCUT2D eigenvalue weighted by atomic mass is 19.1. The molecule has 0 bridgehead atoms. The molecular formula is C16H12F2N2O2. The van der Waals surface area contributed by atoms with Crippen LogP contribution >= 0.6 is 0 Å². The number of nitrogens with one attached hydrogen (secondary N) is 1. The number of halogens is 2. The summed E-state index contributed by atoms with van der Waals surface area (Å²) < 4.78 is 30.9. The molecule has 1 atom stereocenters. The van der Waals surface area contributed by atoms with Gasteiger partial charge in [-0.15, -0.1) is 0 Å². The molecule has 0 heterocycles. The van der Waals surface area contributed by atoms with Gasteiger partial charge in [-0.25, -0.2) is 8.78 Å². The highest BCUT2D eigenvalue weighted by Gasteiger charge is 2.14. The minimum Gasteiger partial charge on any atom is -0.484 e. The molecule has 1 N–H and O–H groups in total. The van der Waals surface area contributed by atoms with Crippen molar-refractivity contribution in [3.05, 3.63) is 65.7 Å². The van der Waals surface area contributed by atoms with Gasteiger partial charge in [-0.3, -0.25) is 4.79 Å². The minimum atomic E-state index is -0.913. The molecule has 0 saturated heterocycles. The summed E-state index contributed by atoms with van der Waals surface area (Å²) in [5, 5.41) is 11.5. The van der Waals surface area contributed by atoms with Crippen LogP contribution < -0.4 is 10.1 Å². The number of hydrogen-bond acceptors (Lipinski definition) is 3. The maximum absolute atomic E-state index is 13.0. The molecule has 6 heteroatoms. The first-order valence-electron chi connectivity index (χ1n) is 6.41. The third kappa shape index (κ3) is 4.28. The van der Waals surface area contributed by atoms with Crippen LogP contribution in [0.5, 0.6) is 5.75 Å². The van der Waals surface area contributed by atoms with Crippen molar-refractivity contribution in [1.82, 2.24) is 5.32 Å².